The molecule has 6 nitrogen and oxygen atoms in total. The lowest BCUT2D eigenvalue weighted by Gasteiger charge is -2.07. The fraction of sp³-hybridized carbons (Fsp3) is 0.300. The first-order valence-electron chi connectivity index (χ1n) is 5.07. The molecule has 0 saturated heterocycles. The van der Waals surface area contributed by atoms with Crippen LogP contribution in [0.5, 0.6) is 0 Å². The largest absolute Gasteiger partial charge is 0.350 e. The molecule has 0 aliphatic heterocycles. The number of benzene rings is 1. The first-order chi connectivity index (χ1) is 8.13. The number of nitrogens with two attached hydrogens (primary N) is 2. The molecule has 7 heteroatoms. The predicted molar refractivity (Wildman–Crippen MR) is 65.9 cm³/mol. The van der Waals surface area contributed by atoms with Crippen molar-refractivity contribution in [1.29, 1.82) is 0 Å². The Morgan fingerprint density at radius 3 is 2.59 bits per heavy atom. The van der Waals surface area contributed by atoms with Gasteiger partial charge in [-0.25, -0.2) is 0 Å². The third kappa shape index (κ3) is 5.21. The van der Waals surface area contributed by atoms with E-state index in [-0.39, 0.29) is 12.5 Å². The van der Waals surface area contributed by atoms with Crippen molar-refractivity contribution >= 4 is 14.4 Å². The van der Waals surface area contributed by atoms with Crippen LogP contribution in [-0.4, -0.2) is 24.0 Å². The predicted octanol–water partition coefficient (Wildman–Crippen LogP) is 0.0696. The molecule has 0 aliphatic rings. The first kappa shape index (κ1) is 14.0. The van der Waals surface area contributed by atoms with E-state index in [0.29, 0.717) is 18.7 Å². The lowest BCUT2D eigenvalue weighted by molar-refractivity contribution is 0.0947. The van der Waals surface area contributed by atoms with Gasteiger partial charge >= 0.3 is 0 Å². The monoisotopic (exact) mass is 257 g/mol. The van der Waals surface area contributed by atoms with Gasteiger partial charge < -0.3 is 20.5 Å². The number of hydrogen-bond acceptors (Lipinski definition) is 5. The van der Waals surface area contributed by atoms with Crippen LogP contribution in [0.3, 0.4) is 0 Å². The van der Waals surface area contributed by atoms with Crippen LogP contribution >= 0.6 is 8.53 Å². The summed E-state index contributed by atoms with van der Waals surface area (Å²) in [5.74, 6) is -0.198. The Kier molecular flexibility index (Phi) is 6.04. The van der Waals surface area contributed by atoms with Gasteiger partial charge in [-0.3, -0.25) is 10.3 Å². The number of hydrogen-bond donors (Lipinski definition) is 4. The highest BCUT2D eigenvalue weighted by Gasteiger charge is 2.04. The molecule has 0 heterocycles. The second-order valence-electron chi connectivity index (χ2n) is 3.29. The quantitative estimate of drug-likeness (QED) is 0.426. The van der Waals surface area contributed by atoms with Gasteiger partial charge in [-0.05, 0) is 17.7 Å². The molecule has 0 spiro atoms. The third-order valence-electron chi connectivity index (χ3n) is 2.06. The molecule has 1 aromatic carbocycles. The Balaban J connectivity index is 2.36. The Morgan fingerprint density at radius 2 is 2.06 bits per heavy atom. The molecule has 0 fully saturated rings. The van der Waals surface area contributed by atoms with E-state index in [0.717, 1.165) is 5.56 Å². The zero-order valence-corrected chi connectivity index (χ0v) is 10.2. The lowest BCUT2D eigenvalue weighted by atomic mass is 10.1. The maximum atomic E-state index is 11.6. The smallest absolute Gasteiger partial charge is 0.251 e. The molecule has 0 bridgehead atoms. The van der Waals surface area contributed by atoms with Crippen LogP contribution in [0, 0.1) is 0 Å². The highest BCUT2D eigenvalue weighted by Crippen LogP contribution is 2.17. The van der Waals surface area contributed by atoms with Crippen molar-refractivity contribution in [2.75, 3.05) is 13.2 Å². The maximum absolute atomic E-state index is 11.6. The second kappa shape index (κ2) is 7.32. The molecular formula is C10H16N3O3P. The van der Waals surface area contributed by atoms with Crippen LogP contribution in [-0.2, 0) is 11.1 Å². The van der Waals surface area contributed by atoms with Crippen molar-refractivity contribution < 1.29 is 14.2 Å². The zero-order valence-electron chi connectivity index (χ0n) is 9.30. The van der Waals surface area contributed by atoms with E-state index in [4.69, 9.17) is 20.7 Å². The zero-order chi connectivity index (χ0) is 12.7. The number of rotatable bonds is 6. The van der Waals surface area contributed by atoms with Crippen molar-refractivity contribution in [3.05, 3.63) is 35.4 Å². The summed E-state index contributed by atoms with van der Waals surface area (Å²) >= 11 is 0. The summed E-state index contributed by atoms with van der Waals surface area (Å²) < 4.78 is 4.73. The SMILES string of the molecule is NCc1ccc(C(=O)NCCOP(N)O)cc1. The van der Waals surface area contributed by atoms with Crippen molar-refractivity contribution in [1.82, 2.24) is 5.32 Å². The van der Waals surface area contributed by atoms with Crippen molar-refractivity contribution in [2.45, 2.75) is 6.54 Å². The summed E-state index contributed by atoms with van der Waals surface area (Å²) in [6.07, 6.45) is 0. The molecule has 1 rings (SSSR count). The highest BCUT2D eigenvalue weighted by molar-refractivity contribution is 7.43. The summed E-state index contributed by atoms with van der Waals surface area (Å²) in [4.78, 5) is 20.3. The van der Waals surface area contributed by atoms with Gasteiger partial charge in [0, 0.05) is 18.7 Å². The van der Waals surface area contributed by atoms with Crippen LogP contribution in [0.15, 0.2) is 24.3 Å². The van der Waals surface area contributed by atoms with Gasteiger partial charge in [0.15, 0.2) is 0 Å². The van der Waals surface area contributed by atoms with E-state index < -0.39 is 8.53 Å². The van der Waals surface area contributed by atoms with Crippen molar-refractivity contribution in [2.24, 2.45) is 11.2 Å². The highest BCUT2D eigenvalue weighted by atomic mass is 31.2. The minimum Gasteiger partial charge on any atom is -0.350 e. The fourth-order valence-corrected chi connectivity index (χ4v) is 1.48. The average Bonchev–Trinajstić information content (AvgIpc) is 2.34. The standard InChI is InChI=1S/C10H16N3O3P/c11-7-8-1-3-9(4-2-8)10(14)13-5-6-16-17(12)15/h1-4,15H,5-7,11-12H2,(H,13,14). The Labute approximate surface area is 101 Å². The first-order valence-corrected chi connectivity index (χ1v) is 6.35. The summed E-state index contributed by atoms with van der Waals surface area (Å²) in [5.41, 5.74) is 12.0. The van der Waals surface area contributed by atoms with Gasteiger partial charge in [0.1, 0.15) is 0 Å². The van der Waals surface area contributed by atoms with E-state index in [9.17, 15) is 4.79 Å². The van der Waals surface area contributed by atoms with Gasteiger partial charge in [0.2, 0.25) is 8.53 Å². The van der Waals surface area contributed by atoms with Crippen LogP contribution in [0.25, 0.3) is 0 Å². The second-order valence-corrected chi connectivity index (χ2v) is 4.16. The van der Waals surface area contributed by atoms with Crippen molar-refractivity contribution in [3.63, 3.8) is 0 Å². The number of carbonyl (C=O) groups is 1. The van der Waals surface area contributed by atoms with E-state index in [1.54, 1.807) is 24.3 Å². The van der Waals surface area contributed by atoms with Gasteiger partial charge in [0.05, 0.1) is 6.61 Å². The van der Waals surface area contributed by atoms with E-state index >= 15 is 0 Å². The topological polar surface area (TPSA) is 111 Å². The van der Waals surface area contributed by atoms with Gasteiger partial charge in [-0.1, -0.05) is 12.1 Å². The molecule has 0 radical (unpaired) electrons. The summed E-state index contributed by atoms with van der Waals surface area (Å²) in [6, 6.07) is 7.02. The number of carbonyl (C=O) groups excluding carboxylic acids is 1. The van der Waals surface area contributed by atoms with Gasteiger partial charge in [-0.2, -0.15) is 0 Å². The molecule has 0 saturated carbocycles. The summed E-state index contributed by atoms with van der Waals surface area (Å²) in [6.45, 7) is 0.936. The number of amides is 1. The van der Waals surface area contributed by atoms with E-state index in [2.05, 4.69) is 5.32 Å². The molecular weight excluding hydrogens is 241 g/mol. The van der Waals surface area contributed by atoms with E-state index in [1.807, 2.05) is 0 Å². The normalized spacial score (nSPS) is 12.2. The minimum atomic E-state index is -1.86. The van der Waals surface area contributed by atoms with E-state index in [1.165, 1.54) is 0 Å². The van der Waals surface area contributed by atoms with Crippen LogP contribution < -0.4 is 16.6 Å². The minimum absolute atomic E-state index is 0.186. The molecule has 1 atom stereocenters. The molecule has 1 aromatic rings. The molecule has 17 heavy (non-hydrogen) atoms. The average molecular weight is 257 g/mol. The lowest BCUT2D eigenvalue weighted by Crippen LogP contribution is -2.27. The molecule has 0 aromatic heterocycles. The van der Waals surface area contributed by atoms with Crippen LogP contribution in [0.4, 0.5) is 0 Å². The third-order valence-corrected chi connectivity index (χ3v) is 2.51. The summed E-state index contributed by atoms with van der Waals surface area (Å²) in [5, 5.41) is 2.64. The van der Waals surface area contributed by atoms with Crippen LogP contribution in [0.1, 0.15) is 15.9 Å². The van der Waals surface area contributed by atoms with Crippen LogP contribution in [0.2, 0.25) is 0 Å². The molecule has 1 amide bonds. The molecule has 6 N–H and O–H groups in total. The fourth-order valence-electron chi connectivity index (χ4n) is 1.20. The molecule has 94 valence electrons. The summed E-state index contributed by atoms with van der Waals surface area (Å²) in [7, 11) is -1.86. The Morgan fingerprint density at radius 1 is 1.41 bits per heavy atom. The maximum Gasteiger partial charge on any atom is 0.251 e. The molecule has 0 aliphatic carbocycles. The molecule has 1 unspecified atom stereocenters. The Hall–Kier alpha value is -1.04. The van der Waals surface area contributed by atoms with Crippen molar-refractivity contribution in [3.8, 4) is 0 Å². The number of nitrogens with one attached hydrogen (secondary N) is 1. The Bertz CT molecular complexity index is 356. The van der Waals surface area contributed by atoms with Gasteiger partial charge in [0.25, 0.3) is 5.91 Å². The van der Waals surface area contributed by atoms with Gasteiger partial charge in [-0.15, -0.1) is 0 Å².